The van der Waals surface area contributed by atoms with Crippen LogP contribution >= 0.6 is 0 Å². The molecule has 0 aliphatic heterocycles. The van der Waals surface area contributed by atoms with Gasteiger partial charge in [0, 0.05) is 6.20 Å². The first-order valence-corrected chi connectivity index (χ1v) is 5.91. The summed E-state index contributed by atoms with van der Waals surface area (Å²) < 4.78 is 5.87. The molecule has 3 nitrogen and oxygen atoms in total. The van der Waals surface area contributed by atoms with Crippen LogP contribution in [0.15, 0.2) is 18.5 Å². The molecule has 1 aliphatic carbocycles. The molecule has 0 N–H and O–H groups in total. The van der Waals surface area contributed by atoms with Gasteiger partial charge < -0.3 is 4.74 Å². The maximum absolute atomic E-state index is 8.95. The van der Waals surface area contributed by atoms with Gasteiger partial charge in [-0.2, -0.15) is 5.26 Å². The van der Waals surface area contributed by atoms with Gasteiger partial charge in [0.2, 0.25) is 0 Å². The van der Waals surface area contributed by atoms with E-state index in [1.54, 1.807) is 18.5 Å². The van der Waals surface area contributed by atoms with Gasteiger partial charge in [0.05, 0.1) is 17.9 Å². The smallest absolute Gasteiger partial charge is 0.155 e. The topological polar surface area (TPSA) is 45.9 Å². The van der Waals surface area contributed by atoms with Crippen LogP contribution < -0.4 is 4.74 Å². The first-order valence-electron chi connectivity index (χ1n) is 5.91. The minimum atomic E-state index is 0.263. The summed E-state index contributed by atoms with van der Waals surface area (Å²) in [4.78, 5) is 4.01. The van der Waals surface area contributed by atoms with Crippen molar-refractivity contribution in [1.29, 1.82) is 5.26 Å². The predicted molar refractivity (Wildman–Crippen MR) is 61.1 cm³/mol. The van der Waals surface area contributed by atoms with E-state index < -0.39 is 0 Å². The van der Waals surface area contributed by atoms with Crippen molar-refractivity contribution < 1.29 is 4.74 Å². The largest absolute Gasteiger partial charge is 0.487 e. The summed E-state index contributed by atoms with van der Waals surface area (Å²) in [6, 6.07) is 3.84. The second-order valence-electron chi connectivity index (χ2n) is 4.22. The lowest BCUT2D eigenvalue weighted by atomic mass is 10.1. The maximum Gasteiger partial charge on any atom is 0.155 e. The molecule has 1 fully saturated rings. The Morgan fingerprint density at radius 2 is 2.00 bits per heavy atom. The van der Waals surface area contributed by atoms with Gasteiger partial charge in [-0.25, -0.2) is 0 Å². The molecule has 1 aromatic rings. The Balaban J connectivity index is 2.05. The second kappa shape index (κ2) is 5.50. The van der Waals surface area contributed by atoms with E-state index in [1.165, 1.54) is 25.7 Å². The highest BCUT2D eigenvalue weighted by Gasteiger charge is 2.15. The lowest BCUT2D eigenvalue weighted by molar-refractivity contribution is 0.182. The van der Waals surface area contributed by atoms with Crippen LogP contribution in [-0.4, -0.2) is 11.1 Å². The van der Waals surface area contributed by atoms with Crippen LogP contribution in [0.5, 0.6) is 5.75 Å². The molecule has 0 aromatic carbocycles. The number of nitriles is 1. The standard InChI is InChI=1S/C13H16N2O/c14-9-11-7-8-15-10-13(11)16-12-5-3-1-2-4-6-12/h7-8,10,12H,1-6H2. The molecular weight excluding hydrogens is 200 g/mol. The van der Waals surface area contributed by atoms with Crippen LogP contribution in [0.1, 0.15) is 44.1 Å². The molecule has 1 heterocycles. The van der Waals surface area contributed by atoms with Crippen LogP contribution in [0.3, 0.4) is 0 Å². The van der Waals surface area contributed by atoms with Gasteiger partial charge in [-0.1, -0.05) is 12.8 Å². The van der Waals surface area contributed by atoms with E-state index in [0.29, 0.717) is 11.3 Å². The predicted octanol–water partition coefficient (Wildman–Crippen LogP) is 3.05. The zero-order chi connectivity index (χ0) is 11.2. The third-order valence-electron chi connectivity index (χ3n) is 3.00. The van der Waals surface area contributed by atoms with Gasteiger partial charge in [-0.3, -0.25) is 4.98 Å². The van der Waals surface area contributed by atoms with Crippen LogP contribution in [0.2, 0.25) is 0 Å². The zero-order valence-corrected chi connectivity index (χ0v) is 9.35. The zero-order valence-electron chi connectivity index (χ0n) is 9.35. The number of hydrogen-bond donors (Lipinski definition) is 0. The molecule has 16 heavy (non-hydrogen) atoms. The molecule has 2 rings (SSSR count). The number of pyridine rings is 1. The van der Waals surface area contributed by atoms with Crippen molar-refractivity contribution in [3.63, 3.8) is 0 Å². The molecule has 84 valence electrons. The van der Waals surface area contributed by atoms with Gasteiger partial charge in [0.15, 0.2) is 5.75 Å². The van der Waals surface area contributed by atoms with E-state index in [2.05, 4.69) is 11.1 Å². The summed E-state index contributed by atoms with van der Waals surface area (Å²) >= 11 is 0. The molecule has 1 saturated carbocycles. The Hall–Kier alpha value is -1.56. The van der Waals surface area contributed by atoms with Gasteiger partial charge in [0.1, 0.15) is 6.07 Å². The molecular formula is C13H16N2O. The molecule has 1 aliphatic rings. The average molecular weight is 216 g/mol. The molecule has 0 unspecified atom stereocenters. The second-order valence-corrected chi connectivity index (χ2v) is 4.22. The third kappa shape index (κ3) is 2.73. The van der Waals surface area contributed by atoms with Gasteiger partial charge >= 0.3 is 0 Å². The Morgan fingerprint density at radius 1 is 1.25 bits per heavy atom. The van der Waals surface area contributed by atoms with E-state index in [9.17, 15) is 0 Å². The molecule has 0 amide bonds. The van der Waals surface area contributed by atoms with Crippen molar-refractivity contribution in [2.24, 2.45) is 0 Å². The Morgan fingerprint density at radius 3 is 2.69 bits per heavy atom. The van der Waals surface area contributed by atoms with Crippen LogP contribution in [-0.2, 0) is 0 Å². The molecule has 0 bridgehead atoms. The average Bonchev–Trinajstić information content (AvgIpc) is 2.58. The fourth-order valence-electron chi connectivity index (χ4n) is 2.11. The van der Waals surface area contributed by atoms with E-state index in [-0.39, 0.29) is 6.10 Å². The summed E-state index contributed by atoms with van der Waals surface area (Å²) in [5.41, 5.74) is 0.583. The summed E-state index contributed by atoms with van der Waals surface area (Å²) in [5.74, 6) is 0.636. The number of aromatic nitrogens is 1. The van der Waals surface area contributed by atoms with Crippen LogP contribution in [0, 0.1) is 11.3 Å². The lowest BCUT2D eigenvalue weighted by Gasteiger charge is -2.17. The molecule has 3 heteroatoms. The molecule has 0 atom stereocenters. The van der Waals surface area contributed by atoms with E-state index in [0.717, 1.165) is 12.8 Å². The van der Waals surface area contributed by atoms with Gasteiger partial charge in [-0.15, -0.1) is 0 Å². The highest BCUT2D eigenvalue weighted by Crippen LogP contribution is 2.24. The Bertz CT molecular complexity index is 376. The molecule has 0 spiro atoms. The first kappa shape index (κ1) is 10.9. The summed E-state index contributed by atoms with van der Waals surface area (Å²) in [5, 5.41) is 8.95. The van der Waals surface area contributed by atoms with Crippen molar-refractivity contribution >= 4 is 0 Å². The van der Waals surface area contributed by atoms with Gasteiger partial charge in [0.25, 0.3) is 0 Å². The number of nitrogens with zero attached hydrogens (tertiary/aromatic N) is 2. The Labute approximate surface area is 96.1 Å². The summed E-state index contributed by atoms with van der Waals surface area (Å²) in [6.07, 6.45) is 10.8. The molecule has 0 saturated heterocycles. The normalized spacial score (nSPS) is 17.4. The maximum atomic E-state index is 8.95. The Kier molecular flexibility index (Phi) is 3.76. The van der Waals surface area contributed by atoms with Gasteiger partial charge in [-0.05, 0) is 31.7 Å². The minimum absolute atomic E-state index is 0.263. The highest BCUT2D eigenvalue weighted by molar-refractivity contribution is 5.40. The van der Waals surface area contributed by atoms with Crippen LogP contribution in [0.25, 0.3) is 0 Å². The van der Waals surface area contributed by atoms with Crippen molar-refractivity contribution in [3.05, 3.63) is 24.0 Å². The number of ether oxygens (including phenoxy) is 1. The van der Waals surface area contributed by atoms with Crippen molar-refractivity contribution in [1.82, 2.24) is 4.98 Å². The van der Waals surface area contributed by atoms with E-state index >= 15 is 0 Å². The number of rotatable bonds is 2. The van der Waals surface area contributed by atoms with E-state index in [1.807, 2.05) is 0 Å². The van der Waals surface area contributed by atoms with Crippen LogP contribution in [0.4, 0.5) is 0 Å². The third-order valence-corrected chi connectivity index (χ3v) is 3.00. The summed E-state index contributed by atoms with van der Waals surface area (Å²) in [7, 11) is 0. The SMILES string of the molecule is N#Cc1ccncc1OC1CCCCCC1. The highest BCUT2D eigenvalue weighted by atomic mass is 16.5. The monoisotopic (exact) mass is 216 g/mol. The van der Waals surface area contributed by atoms with Crippen molar-refractivity contribution in [3.8, 4) is 11.8 Å². The van der Waals surface area contributed by atoms with E-state index in [4.69, 9.17) is 10.00 Å². The molecule has 1 aromatic heterocycles. The quantitative estimate of drug-likeness (QED) is 0.714. The fraction of sp³-hybridized carbons (Fsp3) is 0.538. The fourth-order valence-corrected chi connectivity index (χ4v) is 2.11. The first-order chi connectivity index (χ1) is 7.90. The number of hydrogen-bond acceptors (Lipinski definition) is 3. The minimum Gasteiger partial charge on any atom is -0.487 e. The summed E-state index contributed by atoms with van der Waals surface area (Å²) in [6.45, 7) is 0. The molecule has 0 radical (unpaired) electrons. The van der Waals surface area contributed by atoms with Crippen molar-refractivity contribution in [2.45, 2.75) is 44.6 Å². The van der Waals surface area contributed by atoms with Crippen molar-refractivity contribution in [2.75, 3.05) is 0 Å². The lowest BCUT2D eigenvalue weighted by Crippen LogP contribution is -2.15.